The van der Waals surface area contributed by atoms with E-state index in [1.165, 1.54) is 16.2 Å². The van der Waals surface area contributed by atoms with E-state index in [2.05, 4.69) is 60.7 Å². The Labute approximate surface area is 212 Å². The van der Waals surface area contributed by atoms with Crippen molar-refractivity contribution < 1.29 is 22.0 Å². The van der Waals surface area contributed by atoms with Gasteiger partial charge in [-0.3, -0.25) is 10.1 Å². The van der Waals surface area contributed by atoms with Crippen molar-refractivity contribution in [3.63, 3.8) is 0 Å². The molecule has 5 aromatic carbocycles. The second-order valence-corrected chi connectivity index (χ2v) is 9.71. The quantitative estimate of drug-likeness (QED) is 0.0819. The minimum absolute atomic E-state index is 0. The molecule has 0 atom stereocenters. The van der Waals surface area contributed by atoms with Gasteiger partial charge in [0.25, 0.3) is 0 Å². The van der Waals surface area contributed by atoms with Crippen molar-refractivity contribution in [1.82, 2.24) is 0 Å². The van der Waals surface area contributed by atoms with E-state index in [1.807, 2.05) is 60.7 Å². The fourth-order valence-electron chi connectivity index (χ4n) is 3.69. The van der Waals surface area contributed by atoms with Crippen LogP contribution in [0, 0.1) is 10.1 Å². The van der Waals surface area contributed by atoms with Gasteiger partial charge in [-0.2, -0.15) is 18.2 Å². The summed E-state index contributed by atoms with van der Waals surface area (Å²) in [5.41, 5.74) is 2.92. The van der Waals surface area contributed by atoms with Gasteiger partial charge in [-0.15, -0.1) is 29.8 Å². The average molecular weight is 505 g/mol. The molecule has 0 bridgehead atoms. The SMILES string of the molecule is O=[N+]([O-])c1ccccc1-[c-]1ccc(CP(c2ccccc2)c2ccccc2)c1.[Fe+2].c1cc[cH-]c1. The Morgan fingerprint density at radius 1 is 0.765 bits per heavy atom. The molecule has 34 heavy (non-hydrogen) atoms. The number of hydrogen-bond acceptors (Lipinski definition) is 2. The Morgan fingerprint density at radius 3 is 1.85 bits per heavy atom. The van der Waals surface area contributed by atoms with Crippen molar-refractivity contribution in [3.05, 3.63) is 149 Å². The molecule has 0 spiro atoms. The number of benzene rings is 3. The van der Waals surface area contributed by atoms with Crippen LogP contribution in [0.3, 0.4) is 0 Å². The number of hydrogen-bond donors (Lipinski definition) is 0. The van der Waals surface area contributed by atoms with E-state index in [0.717, 1.165) is 11.7 Å². The Balaban J connectivity index is 0.000000481. The van der Waals surface area contributed by atoms with Gasteiger partial charge in [-0.25, -0.2) is 12.1 Å². The normalized spacial score (nSPS) is 10.1. The van der Waals surface area contributed by atoms with Gasteiger partial charge in [0, 0.05) is 4.92 Å². The molecule has 170 valence electrons. The van der Waals surface area contributed by atoms with Crippen molar-refractivity contribution in [3.8, 4) is 11.1 Å². The fraction of sp³-hybridized carbons (Fsp3) is 0.0345. The molecule has 0 radical (unpaired) electrons. The maximum absolute atomic E-state index is 11.4. The minimum atomic E-state index is -0.537. The summed E-state index contributed by atoms with van der Waals surface area (Å²) in [6.45, 7) is 0. The largest absolute Gasteiger partial charge is 2.00 e. The minimum Gasteiger partial charge on any atom is -0.266 e. The first-order valence-electron chi connectivity index (χ1n) is 10.8. The Kier molecular flexibility index (Phi) is 9.55. The van der Waals surface area contributed by atoms with Gasteiger partial charge < -0.3 is 0 Å². The molecule has 5 rings (SSSR count). The monoisotopic (exact) mass is 505 g/mol. The summed E-state index contributed by atoms with van der Waals surface area (Å²) < 4.78 is 0. The first kappa shape index (κ1) is 25.3. The second-order valence-electron chi connectivity index (χ2n) is 7.50. The van der Waals surface area contributed by atoms with E-state index in [9.17, 15) is 10.1 Å². The van der Waals surface area contributed by atoms with Crippen molar-refractivity contribution in [2.24, 2.45) is 0 Å². The molecular formula is C29H24FeNO2P. The van der Waals surface area contributed by atoms with E-state index in [-0.39, 0.29) is 27.7 Å². The number of nitro benzene ring substituents is 1. The van der Waals surface area contributed by atoms with Crippen LogP contribution in [-0.2, 0) is 23.2 Å². The van der Waals surface area contributed by atoms with Crippen LogP contribution in [0.25, 0.3) is 11.1 Å². The van der Waals surface area contributed by atoms with E-state index in [0.29, 0.717) is 5.56 Å². The molecule has 0 aliphatic rings. The van der Waals surface area contributed by atoms with E-state index >= 15 is 0 Å². The molecule has 0 N–H and O–H groups in total. The summed E-state index contributed by atoms with van der Waals surface area (Å²) in [6.07, 6.45) is 0.907. The first-order valence-corrected chi connectivity index (χ1v) is 12.3. The Bertz CT molecular complexity index is 1210. The molecule has 0 aliphatic carbocycles. The Morgan fingerprint density at radius 2 is 1.32 bits per heavy atom. The summed E-state index contributed by atoms with van der Waals surface area (Å²) in [5, 5.41) is 14.0. The summed E-state index contributed by atoms with van der Waals surface area (Å²) in [4.78, 5) is 11.0. The van der Waals surface area contributed by atoms with Crippen molar-refractivity contribution in [2.75, 3.05) is 0 Å². The molecule has 0 aromatic heterocycles. The van der Waals surface area contributed by atoms with Crippen molar-refractivity contribution in [2.45, 2.75) is 6.16 Å². The molecule has 0 saturated carbocycles. The van der Waals surface area contributed by atoms with E-state index < -0.39 is 7.92 Å². The van der Waals surface area contributed by atoms with Gasteiger partial charge >= 0.3 is 17.1 Å². The van der Waals surface area contributed by atoms with Gasteiger partial charge in [-0.05, 0) is 36.3 Å². The third kappa shape index (κ3) is 6.62. The molecule has 3 nitrogen and oxygen atoms in total. The number of rotatable bonds is 6. The summed E-state index contributed by atoms with van der Waals surface area (Å²) in [7, 11) is -0.537. The van der Waals surface area contributed by atoms with Crippen LogP contribution in [0.5, 0.6) is 0 Å². The van der Waals surface area contributed by atoms with Crippen LogP contribution in [0.1, 0.15) is 5.56 Å². The van der Waals surface area contributed by atoms with Gasteiger partial charge in [0.2, 0.25) is 5.69 Å². The van der Waals surface area contributed by atoms with Crippen molar-refractivity contribution >= 4 is 24.2 Å². The fourth-order valence-corrected chi connectivity index (χ4v) is 5.98. The standard InChI is InChI=1S/C24H19NO2P.C5H5.Fe/c26-25(27)24-14-8-7-13-23(24)20-16-15-19(17-20)18-28(21-9-3-1-4-10-21)22-11-5-2-6-12-22;1-2-4-5-3-1;/h1-17H,18H2;1-5H;/q2*-1;+2. The molecule has 5 aromatic rings. The molecule has 0 fully saturated rings. The van der Waals surface area contributed by atoms with Gasteiger partial charge in [-0.1, -0.05) is 78.4 Å². The molecule has 0 saturated heterocycles. The maximum atomic E-state index is 11.4. The maximum Gasteiger partial charge on any atom is 2.00 e. The van der Waals surface area contributed by atoms with Crippen molar-refractivity contribution in [1.29, 1.82) is 0 Å². The third-order valence-electron chi connectivity index (χ3n) is 5.26. The first-order chi connectivity index (χ1) is 16.2. The van der Waals surface area contributed by atoms with Crippen LogP contribution < -0.4 is 10.6 Å². The third-order valence-corrected chi connectivity index (χ3v) is 7.79. The van der Waals surface area contributed by atoms with Gasteiger partial charge in [0.15, 0.2) is 0 Å². The van der Waals surface area contributed by atoms with Crippen LogP contribution in [-0.4, -0.2) is 4.92 Å². The van der Waals surface area contributed by atoms with E-state index in [4.69, 9.17) is 0 Å². The predicted molar refractivity (Wildman–Crippen MR) is 139 cm³/mol. The zero-order valence-electron chi connectivity index (χ0n) is 18.5. The van der Waals surface area contributed by atoms with E-state index in [1.54, 1.807) is 12.1 Å². The number of nitro groups is 1. The topological polar surface area (TPSA) is 43.1 Å². The van der Waals surface area contributed by atoms with Crippen LogP contribution >= 0.6 is 7.92 Å². The number of nitrogens with zero attached hydrogens (tertiary/aromatic N) is 1. The van der Waals surface area contributed by atoms with Gasteiger partial charge in [0.1, 0.15) is 0 Å². The number of para-hydroxylation sites is 1. The predicted octanol–water partition coefficient (Wildman–Crippen LogP) is 7.02. The van der Waals surface area contributed by atoms with Crippen LogP contribution in [0.2, 0.25) is 0 Å². The van der Waals surface area contributed by atoms with Crippen LogP contribution in [0.4, 0.5) is 5.69 Å². The molecule has 5 heteroatoms. The second kappa shape index (κ2) is 12.8. The summed E-state index contributed by atoms with van der Waals surface area (Å²) >= 11 is 0. The zero-order chi connectivity index (χ0) is 22.9. The molecule has 0 amide bonds. The smallest absolute Gasteiger partial charge is 0.266 e. The molecule has 0 unspecified atom stereocenters. The molecular weight excluding hydrogens is 481 g/mol. The summed E-state index contributed by atoms with van der Waals surface area (Å²) in [6, 6.07) is 44.2. The molecule has 0 heterocycles. The molecule has 0 aliphatic heterocycles. The summed E-state index contributed by atoms with van der Waals surface area (Å²) in [5.74, 6) is 0. The average Bonchev–Trinajstić information content (AvgIpc) is 3.59. The van der Waals surface area contributed by atoms with Crippen LogP contribution in [0.15, 0.2) is 133 Å². The van der Waals surface area contributed by atoms with Gasteiger partial charge in [0.05, 0.1) is 0 Å². The Hall–Kier alpha value is -3.29. The zero-order valence-corrected chi connectivity index (χ0v) is 20.5.